The first kappa shape index (κ1) is 12.4. The largest absolute Gasteiger partial charge is 0.491 e. The topological polar surface area (TPSA) is 72.6 Å². The molecule has 0 unspecified atom stereocenters. The molecule has 6 heteroatoms. The number of hydrogen-bond donors (Lipinski definition) is 2. The van der Waals surface area contributed by atoms with Gasteiger partial charge >= 0.3 is 5.92 Å². The fourth-order valence-electron chi connectivity index (χ4n) is 1.09. The minimum atomic E-state index is -3.72. The second kappa shape index (κ2) is 4.89. The molecule has 0 aliphatic heterocycles. The van der Waals surface area contributed by atoms with Crippen molar-refractivity contribution in [3.05, 3.63) is 29.8 Å². The number of primary amides is 1. The van der Waals surface area contributed by atoms with Crippen LogP contribution in [0.15, 0.2) is 24.3 Å². The Morgan fingerprint density at radius 3 is 2.75 bits per heavy atom. The van der Waals surface area contributed by atoms with Gasteiger partial charge in [-0.2, -0.15) is 8.78 Å². The summed E-state index contributed by atoms with van der Waals surface area (Å²) in [5.41, 5.74) is 4.05. The minimum Gasteiger partial charge on any atom is -0.491 e. The highest BCUT2D eigenvalue weighted by molar-refractivity contribution is 5.83. The van der Waals surface area contributed by atoms with Crippen LogP contribution in [-0.2, 0) is 10.7 Å². The molecule has 1 amide bonds. The number of aliphatic hydroxyl groups is 1. The standard InChI is InChI=1S/C10H11F2NO3/c11-10(12,9(13)15)7-2-1-3-8(6-7)16-5-4-14/h1-3,6,14H,4-5H2,(H2,13,15). The summed E-state index contributed by atoms with van der Waals surface area (Å²) in [6.07, 6.45) is 0. The molecule has 0 radical (unpaired) electrons. The maximum atomic E-state index is 13.2. The van der Waals surface area contributed by atoms with Crippen LogP contribution in [0.1, 0.15) is 5.56 Å². The van der Waals surface area contributed by atoms with Crippen LogP contribution in [0.4, 0.5) is 8.78 Å². The van der Waals surface area contributed by atoms with E-state index < -0.39 is 17.4 Å². The molecule has 1 aromatic carbocycles. The van der Waals surface area contributed by atoms with E-state index in [1.165, 1.54) is 12.1 Å². The van der Waals surface area contributed by atoms with E-state index in [-0.39, 0.29) is 19.0 Å². The number of benzene rings is 1. The molecule has 0 aliphatic carbocycles. The molecule has 0 atom stereocenters. The molecule has 0 saturated carbocycles. The Bertz CT molecular complexity index is 382. The number of rotatable bonds is 5. The molecule has 1 aromatic rings. The number of carbonyl (C=O) groups excluding carboxylic acids is 1. The van der Waals surface area contributed by atoms with Gasteiger partial charge in [-0.05, 0) is 12.1 Å². The molecule has 88 valence electrons. The molecule has 0 heterocycles. The van der Waals surface area contributed by atoms with Crippen LogP contribution in [-0.4, -0.2) is 24.2 Å². The van der Waals surface area contributed by atoms with Gasteiger partial charge in [0.2, 0.25) is 0 Å². The average Bonchev–Trinajstić information content (AvgIpc) is 2.26. The predicted molar refractivity (Wildman–Crippen MR) is 52.1 cm³/mol. The van der Waals surface area contributed by atoms with E-state index in [1.54, 1.807) is 0 Å². The lowest BCUT2D eigenvalue weighted by molar-refractivity contribution is -0.143. The molecule has 0 spiro atoms. The van der Waals surface area contributed by atoms with Crippen molar-refractivity contribution >= 4 is 5.91 Å². The molecule has 0 aromatic heterocycles. The Kier molecular flexibility index (Phi) is 3.78. The molecular formula is C10H11F2NO3. The third-order valence-electron chi connectivity index (χ3n) is 1.87. The first-order valence-electron chi connectivity index (χ1n) is 4.50. The number of ether oxygens (including phenoxy) is 1. The van der Waals surface area contributed by atoms with Crippen molar-refractivity contribution in [2.75, 3.05) is 13.2 Å². The van der Waals surface area contributed by atoms with Crippen molar-refractivity contribution < 1.29 is 23.4 Å². The third kappa shape index (κ3) is 2.66. The zero-order valence-electron chi connectivity index (χ0n) is 8.32. The van der Waals surface area contributed by atoms with Crippen molar-refractivity contribution in [2.45, 2.75) is 5.92 Å². The van der Waals surface area contributed by atoms with E-state index in [9.17, 15) is 13.6 Å². The van der Waals surface area contributed by atoms with Gasteiger partial charge in [0.05, 0.1) is 6.61 Å². The first-order chi connectivity index (χ1) is 7.48. The van der Waals surface area contributed by atoms with Crippen LogP contribution < -0.4 is 10.5 Å². The van der Waals surface area contributed by atoms with Gasteiger partial charge in [0.15, 0.2) is 0 Å². The van der Waals surface area contributed by atoms with E-state index in [0.717, 1.165) is 12.1 Å². The molecule has 3 N–H and O–H groups in total. The molecule has 16 heavy (non-hydrogen) atoms. The summed E-state index contributed by atoms with van der Waals surface area (Å²) < 4.78 is 31.3. The predicted octanol–water partition coefficient (Wildman–Crippen LogP) is 0.635. The fourth-order valence-corrected chi connectivity index (χ4v) is 1.09. The van der Waals surface area contributed by atoms with Crippen molar-refractivity contribution in [2.24, 2.45) is 5.73 Å². The van der Waals surface area contributed by atoms with Gasteiger partial charge in [-0.1, -0.05) is 12.1 Å². The maximum Gasteiger partial charge on any atom is 0.349 e. The van der Waals surface area contributed by atoms with E-state index in [4.69, 9.17) is 9.84 Å². The summed E-state index contributed by atoms with van der Waals surface area (Å²) in [5.74, 6) is -5.29. The molecule has 1 rings (SSSR count). The molecule has 0 fully saturated rings. The Hall–Kier alpha value is -1.69. The van der Waals surface area contributed by atoms with Crippen LogP contribution in [0.2, 0.25) is 0 Å². The van der Waals surface area contributed by atoms with Gasteiger partial charge < -0.3 is 15.6 Å². The number of halogens is 2. The number of amides is 1. The Morgan fingerprint density at radius 1 is 1.50 bits per heavy atom. The SMILES string of the molecule is NC(=O)C(F)(F)c1cccc(OCCO)c1. The number of alkyl halides is 2. The monoisotopic (exact) mass is 231 g/mol. The summed E-state index contributed by atoms with van der Waals surface area (Å²) in [4.78, 5) is 10.5. The summed E-state index contributed by atoms with van der Waals surface area (Å²) >= 11 is 0. The average molecular weight is 231 g/mol. The Labute approximate surface area is 90.6 Å². The second-order valence-corrected chi connectivity index (χ2v) is 3.04. The highest BCUT2D eigenvalue weighted by atomic mass is 19.3. The van der Waals surface area contributed by atoms with E-state index in [1.807, 2.05) is 0 Å². The Morgan fingerprint density at radius 2 is 2.19 bits per heavy atom. The first-order valence-corrected chi connectivity index (χ1v) is 4.50. The van der Waals surface area contributed by atoms with Gasteiger partial charge in [-0.25, -0.2) is 0 Å². The number of nitrogens with two attached hydrogens (primary N) is 1. The van der Waals surface area contributed by atoms with Gasteiger partial charge in [0, 0.05) is 5.56 Å². The fraction of sp³-hybridized carbons (Fsp3) is 0.300. The quantitative estimate of drug-likeness (QED) is 0.780. The van der Waals surface area contributed by atoms with Gasteiger partial charge in [0.25, 0.3) is 5.91 Å². The van der Waals surface area contributed by atoms with Crippen molar-refractivity contribution in [1.82, 2.24) is 0 Å². The summed E-state index contributed by atoms with van der Waals surface area (Å²) in [6.45, 7) is -0.234. The second-order valence-electron chi connectivity index (χ2n) is 3.04. The van der Waals surface area contributed by atoms with Gasteiger partial charge in [-0.3, -0.25) is 4.79 Å². The highest BCUT2D eigenvalue weighted by Crippen LogP contribution is 2.29. The van der Waals surface area contributed by atoms with Crippen molar-refractivity contribution in [3.8, 4) is 5.75 Å². The van der Waals surface area contributed by atoms with E-state index in [2.05, 4.69) is 5.73 Å². The Balaban J connectivity index is 2.93. The van der Waals surface area contributed by atoms with Gasteiger partial charge in [-0.15, -0.1) is 0 Å². The molecular weight excluding hydrogens is 220 g/mol. The van der Waals surface area contributed by atoms with Crippen LogP contribution >= 0.6 is 0 Å². The van der Waals surface area contributed by atoms with E-state index in [0.29, 0.717) is 0 Å². The summed E-state index contributed by atoms with van der Waals surface area (Å²) in [6, 6.07) is 4.85. The van der Waals surface area contributed by atoms with Crippen LogP contribution in [0, 0.1) is 0 Å². The zero-order chi connectivity index (χ0) is 12.2. The van der Waals surface area contributed by atoms with Crippen molar-refractivity contribution in [3.63, 3.8) is 0 Å². The van der Waals surface area contributed by atoms with E-state index >= 15 is 0 Å². The lowest BCUT2D eigenvalue weighted by Crippen LogP contribution is -2.32. The molecule has 4 nitrogen and oxygen atoms in total. The smallest absolute Gasteiger partial charge is 0.349 e. The number of carbonyl (C=O) groups is 1. The molecule has 0 saturated heterocycles. The molecule has 0 bridgehead atoms. The van der Waals surface area contributed by atoms with Crippen LogP contribution in [0.25, 0.3) is 0 Å². The number of hydrogen-bond acceptors (Lipinski definition) is 3. The van der Waals surface area contributed by atoms with Crippen LogP contribution in [0.5, 0.6) is 5.75 Å². The highest BCUT2D eigenvalue weighted by Gasteiger charge is 2.38. The lowest BCUT2D eigenvalue weighted by Gasteiger charge is -2.13. The maximum absolute atomic E-state index is 13.2. The number of aliphatic hydroxyl groups excluding tert-OH is 1. The zero-order valence-corrected chi connectivity index (χ0v) is 8.32. The summed E-state index contributed by atoms with van der Waals surface area (Å²) in [7, 11) is 0. The van der Waals surface area contributed by atoms with Crippen LogP contribution in [0.3, 0.4) is 0 Å². The van der Waals surface area contributed by atoms with Crippen molar-refractivity contribution in [1.29, 1.82) is 0 Å². The van der Waals surface area contributed by atoms with Gasteiger partial charge in [0.1, 0.15) is 12.4 Å². The minimum absolute atomic E-state index is 0.00834. The lowest BCUT2D eigenvalue weighted by atomic mass is 10.1. The molecule has 0 aliphatic rings. The summed E-state index contributed by atoms with van der Waals surface area (Å²) in [5, 5.41) is 8.50. The normalized spacial score (nSPS) is 11.2. The third-order valence-corrected chi connectivity index (χ3v) is 1.87.